The van der Waals surface area contributed by atoms with Crippen LogP contribution in [0.2, 0.25) is 0 Å². The molecule has 1 aliphatic heterocycles. The number of rotatable bonds is 4. The summed E-state index contributed by atoms with van der Waals surface area (Å²) in [6, 6.07) is 13.2. The topological polar surface area (TPSA) is 97.9 Å². The van der Waals surface area contributed by atoms with Crippen molar-refractivity contribution in [2.45, 2.75) is 0 Å². The molecule has 0 saturated carbocycles. The third-order valence-corrected chi connectivity index (χ3v) is 5.10. The molecule has 1 amide bonds. The zero-order valence-electron chi connectivity index (χ0n) is 16.1. The zero-order chi connectivity index (χ0) is 20.3. The summed E-state index contributed by atoms with van der Waals surface area (Å²) in [6.07, 6.45) is 6.98. The third kappa shape index (κ3) is 3.50. The maximum Gasteiger partial charge on any atom is 0.254 e. The number of nitrogens with zero attached hydrogens (tertiary/aromatic N) is 9. The van der Waals surface area contributed by atoms with Crippen LogP contribution in [0.4, 0.5) is 5.82 Å². The van der Waals surface area contributed by atoms with Gasteiger partial charge in [0.1, 0.15) is 24.3 Å². The molecule has 0 unspecified atom stereocenters. The van der Waals surface area contributed by atoms with Gasteiger partial charge in [-0.3, -0.25) is 4.79 Å². The van der Waals surface area contributed by atoms with E-state index in [-0.39, 0.29) is 5.91 Å². The highest BCUT2D eigenvalue weighted by molar-refractivity contribution is 5.95. The molecule has 0 radical (unpaired) electrons. The van der Waals surface area contributed by atoms with E-state index in [4.69, 9.17) is 0 Å². The second-order valence-corrected chi connectivity index (χ2v) is 6.91. The third-order valence-electron chi connectivity index (χ3n) is 5.10. The normalized spacial score (nSPS) is 14.1. The second kappa shape index (κ2) is 7.74. The molecule has 1 fully saturated rings. The van der Waals surface area contributed by atoms with E-state index in [1.165, 1.54) is 11.0 Å². The Bertz CT molecular complexity index is 1130. The summed E-state index contributed by atoms with van der Waals surface area (Å²) < 4.78 is 3.48. The Morgan fingerprint density at radius 2 is 1.70 bits per heavy atom. The lowest BCUT2D eigenvalue weighted by Gasteiger charge is -2.35. The molecule has 0 N–H and O–H groups in total. The number of aromatic nitrogens is 7. The van der Waals surface area contributed by atoms with Crippen molar-refractivity contribution in [1.29, 1.82) is 0 Å². The molecule has 0 bridgehead atoms. The second-order valence-electron chi connectivity index (χ2n) is 6.91. The van der Waals surface area contributed by atoms with E-state index >= 15 is 0 Å². The summed E-state index contributed by atoms with van der Waals surface area (Å²) in [7, 11) is 0. The largest absolute Gasteiger partial charge is 0.353 e. The molecule has 0 aliphatic carbocycles. The van der Waals surface area contributed by atoms with Gasteiger partial charge in [-0.15, -0.1) is 5.10 Å². The van der Waals surface area contributed by atoms with Crippen molar-refractivity contribution in [3.63, 3.8) is 0 Å². The van der Waals surface area contributed by atoms with Crippen molar-refractivity contribution >= 4 is 11.7 Å². The molecule has 1 aliphatic rings. The van der Waals surface area contributed by atoms with Gasteiger partial charge in [0.25, 0.3) is 5.91 Å². The van der Waals surface area contributed by atoms with Gasteiger partial charge in [0.05, 0.1) is 5.69 Å². The number of amides is 1. The number of hydrogen-bond acceptors (Lipinski definition) is 7. The van der Waals surface area contributed by atoms with Crippen LogP contribution in [0.15, 0.2) is 67.5 Å². The van der Waals surface area contributed by atoms with Crippen molar-refractivity contribution in [2.24, 2.45) is 0 Å². The summed E-state index contributed by atoms with van der Waals surface area (Å²) >= 11 is 0. The number of carbonyl (C=O) groups is 1. The van der Waals surface area contributed by atoms with Gasteiger partial charge in [0, 0.05) is 50.2 Å². The van der Waals surface area contributed by atoms with E-state index < -0.39 is 0 Å². The summed E-state index contributed by atoms with van der Waals surface area (Å²) in [5.74, 6) is 1.68. The molecule has 150 valence electrons. The monoisotopic (exact) mass is 401 g/mol. The maximum atomic E-state index is 13.0. The van der Waals surface area contributed by atoms with E-state index in [0.29, 0.717) is 31.7 Å². The molecule has 1 aromatic carbocycles. The van der Waals surface area contributed by atoms with Gasteiger partial charge < -0.3 is 14.4 Å². The van der Waals surface area contributed by atoms with Gasteiger partial charge in [-0.1, -0.05) is 6.07 Å². The predicted molar refractivity (Wildman–Crippen MR) is 109 cm³/mol. The smallest absolute Gasteiger partial charge is 0.254 e. The molecule has 4 heterocycles. The maximum absolute atomic E-state index is 13.0. The average molecular weight is 401 g/mol. The van der Waals surface area contributed by atoms with Crippen LogP contribution in [0, 0.1) is 0 Å². The number of carbonyl (C=O) groups excluding carboxylic acids is 1. The van der Waals surface area contributed by atoms with Crippen LogP contribution in [0.5, 0.6) is 0 Å². The lowest BCUT2D eigenvalue weighted by Crippen LogP contribution is -2.49. The van der Waals surface area contributed by atoms with Crippen molar-refractivity contribution < 1.29 is 4.79 Å². The molecule has 3 aromatic heterocycles. The van der Waals surface area contributed by atoms with Crippen LogP contribution in [0.3, 0.4) is 0 Å². The molecule has 10 nitrogen and oxygen atoms in total. The van der Waals surface area contributed by atoms with Gasteiger partial charge >= 0.3 is 0 Å². The minimum absolute atomic E-state index is 0.000271. The first-order valence-electron chi connectivity index (χ1n) is 9.61. The van der Waals surface area contributed by atoms with Gasteiger partial charge in [-0.2, -0.15) is 0 Å². The predicted octanol–water partition coefficient (Wildman–Crippen LogP) is 1.21. The fraction of sp³-hybridized carbons (Fsp3) is 0.200. The Labute approximate surface area is 172 Å². The first-order valence-corrected chi connectivity index (χ1v) is 9.61. The highest BCUT2D eigenvalue weighted by Crippen LogP contribution is 2.18. The van der Waals surface area contributed by atoms with Crippen molar-refractivity contribution in [1.82, 2.24) is 39.6 Å². The van der Waals surface area contributed by atoms with Gasteiger partial charge in [-0.25, -0.2) is 14.6 Å². The van der Waals surface area contributed by atoms with E-state index in [0.717, 1.165) is 17.3 Å². The summed E-state index contributed by atoms with van der Waals surface area (Å²) in [4.78, 5) is 25.8. The van der Waals surface area contributed by atoms with Crippen LogP contribution in [-0.4, -0.2) is 71.7 Å². The molecule has 30 heavy (non-hydrogen) atoms. The van der Waals surface area contributed by atoms with Gasteiger partial charge in [0.15, 0.2) is 0 Å². The summed E-state index contributed by atoms with van der Waals surface area (Å²) in [5, 5.41) is 11.2. The Morgan fingerprint density at radius 1 is 0.900 bits per heavy atom. The minimum Gasteiger partial charge on any atom is -0.353 e. The van der Waals surface area contributed by atoms with Crippen LogP contribution in [0.25, 0.3) is 11.5 Å². The quantitative estimate of drug-likeness (QED) is 0.507. The molecule has 4 aromatic rings. The number of anilines is 1. The van der Waals surface area contributed by atoms with E-state index in [1.807, 2.05) is 58.3 Å². The molecular weight excluding hydrogens is 382 g/mol. The fourth-order valence-electron chi connectivity index (χ4n) is 3.52. The molecule has 5 rings (SSSR count). The summed E-state index contributed by atoms with van der Waals surface area (Å²) in [6.45, 7) is 2.66. The Hall–Kier alpha value is -4.08. The standard InChI is InChI=1S/C20H19N9O/c30-20(16-4-3-5-17(12-16)29-15-23-24-25-29)28-10-8-27(9-11-28)19-13-18(21-14-22-19)26-6-1-2-7-26/h1-7,12-15H,8-11H2. The van der Waals surface area contributed by atoms with Crippen LogP contribution < -0.4 is 4.90 Å². The highest BCUT2D eigenvalue weighted by atomic mass is 16.2. The Kier molecular flexibility index (Phi) is 4.64. The molecule has 0 spiro atoms. The first kappa shape index (κ1) is 18.0. The number of hydrogen-bond donors (Lipinski definition) is 0. The molecule has 1 saturated heterocycles. The van der Waals surface area contributed by atoms with Gasteiger partial charge in [0.2, 0.25) is 0 Å². The van der Waals surface area contributed by atoms with E-state index in [9.17, 15) is 4.79 Å². The number of benzene rings is 1. The zero-order valence-corrected chi connectivity index (χ0v) is 16.1. The van der Waals surface area contributed by atoms with Crippen LogP contribution in [-0.2, 0) is 0 Å². The lowest BCUT2D eigenvalue weighted by atomic mass is 10.1. The van der Waals surface area contributed by atoms with Crippen LogP contribution >= 0.6 is 0 Å². The Balaban J connectivity index is 1.27. The van der Waals surface area contributed by atoms with Crippen molar-refractivity contribution in [3.05, 3.63) is 73.1 Å². The SMILES string of the molecule is O=C(c1cccc(-n2cnnn2)c1)N1CCN(c2cc(-n3cccc3)ncn2)CC1. The highest BCUT2D eigenvalue weighted by Gasteiger charge is 2.23. The van der Waals surface area contributed by atoms with Crippen molar-refractivity contribution in [3.8, 4) is 11.5 Å². The van der Waals surface area contributed by atoms with E-state index in [2.05, 4.69) is 30.4 Å². The number of tetrazole rings is 1. The van der Waals surface area contributed by atoms with E-state index in [1.54, 1.807) is 12.4 Å². The van der Waals surface area contributed by atoms with Crippen molar-refractivity contribution in [2.75, 3.05) is 31.1 Å². The van der Waals surface area contributed by atoms with Gasteiger partial charge in [-0.05, 0) is 40.8 Å². The summed E-state index contributed by atoms with van der Waals surface area (Å²) in [5.41, 5.74) is 1.37. The number of piperazine rings is 1. The average Bonchev–Trinajstić information content (AvgIpc) is 3.54. The first-order chi connectivity index (χ1) is 14.8. The lowest BCUT2D eigenvalue weighted by molar-refractivity contribution is 0.0746. The molecular formula is C20H19N9O. The fourth-order valence-corrected chi connectivity index (χ4v) is 3.52. The molecule has 10 heteroatoms. The minimum atomic E-state index is 0.000271. The Morgan fingerprint density at radius 3 is 2.47 bits per heavy atom. The molecule has 0 atom stereocenters. The van der Waals surface area contributed by atoms with Crippen LogP contribution in [0.1, 0.15) is 10.4 Å².